The van der Waals surface area contributed by atoms with Crippen molar-refractivity contribution in [3.63, 3.8) is 0 Å². The quantitative estimate of drug-likeness (QED) is 0.671. The van der Waals surface area contributed by atoms with Gasteiger partial charge >= 0.3 is 0 Å². The van der Waals surface area contributed by atoms with Crippen molar-refractivity contribution < 1.29 is 0 Å². The van der Waals surface area contributed by atoms with Crippen molar-refractivity contribution in [3.8, 4) is 0 Å². The highest BCUT2D eigenvalue weighted by molar-refractivity contribution is 9.09. The van der Waals surface area contributed by atoms with Gasteiger partial charge in [0.05, 0.1) is 0 Å². The molecular formula is C16H25Br. The summed E-state index contributed by atoms with van der Waals surface area (Å²) in [5.41, 5.74) is 3.13. The first-order chi connectivity index (χ1) is 7.84. The van der Waals surface area contributed by atoms with Crippen LogP contribution in [0.15, 0.2) is 24.3 Å². The van der Waals surface area contributed by atoms with E-state index in [2.05, 4.69) is 74.8 Å². The van der Waals surface area contributed by atoms with Gasteiger partial charge in [0.15, 0.2) is 0 Å². The van der Waals surface area contributed by atoms with E-state index in [1.807, 2.05) is 0 Å². The standard InChI is InChI=1S/C16H25Br/c1-12(2)14(11-17)10-13-6-8-15(9-7-13)16(3,4)5/h6-9,12,14H,10-11H2,1-5H3. The second kappa shape index (κ2) is 6.04. The predicted octanol–water partition coefficient (Wildman–Crippen LogP) is 5.19. The van der Waals surface area contributed by atoms with Crippen molar-refractivity contribution in [1.29, 1.82) is 0 Å². The molecular weight excluding hydrogens is 272 g/mol. The fourth-order valence-electron chi connectivity index (χ4n) is 1.91. The summed E-state index contributed by atoms with van der Waals surface area (Å²) in [5.74, 6) is 1.46. The van der Waals surface area contributed by atoms with E-state index in [0.29, 0.717) is 0 Å². The molecule has 0 amide bonds. The fraction of sp³-hybridized carbons (Fsp3) is 0.625. The Labute approximate surface area is 115 Å². The zero-order valence-corrected chi connectivity index (χ0v) is 13.3. The lowest BCUT2D eigenvalue weighted by molar-refractivity contribution is 0.427. The van der Waals surface area contributed by atoms with Gasteiger partial charge < -0.3 is 0 Å². The van der Waals surface area contributed by atoms with Crippen LogP contribution in [0.4, 0.5) is 0 Å². The zero-order chi connectivity index (χ0) is 13.1. The lowest BCUT2D eigenvalue weighted by Gasteiger charge is -2.21. The van der Waals surface area contributed by atoms with Crippen LogP contribution in [-0.2, 0) is 11.8 Å². The van der Waals surface area contributed by atoms with Gasteiger partial charge in [0, 0.05) is 5.33 Å². The summed E-state index contributed by atoms with van der Waals surface area (Å²) in [6.45, 7) is 11.4. The Morgan fingerprint density at radius 3 is 1.94 bits per heavy atom. The van der Waals surface area contributed by atoms with Gasteiger partial charge in [-0.2, -0.15) is 0 Å². The molecule has 0 N–H and O–H groups in total. The second-order valence-electron chi connectivity index (χ2n) is 6.31. The third-order valence-electron chi connectivity index (χ3n) is 3.46. The van der Waals surface area contributed by atoms with E-state index in [-0.39, 0.29) is 5.41 Å². The average molecular weight is 297 g/mol. The molecule has 0 radical (unpaired) electrons. The fourth-order valence-corrected chi connectivity index (χ4v) is 2.89. The van der Waals surface area contributed by atoms with Gasteiger partial charge in [0.2, 0.25) is 0 Å². The van der Waals surface area contributed by atoms with E-state index in [0.717, 1.165) is 17.2 Å². The molecule has 1 aromatic rings. The molecule has 0 aliphatic rings. The first kappa shape index (κ1) is 14.8. The summed E-state index contributed by atoms with van der Waals surface area (Å²) < 4.78 is 0. The van der Waals surface area contributed by atoms with E-state index in [1.165, 1.54) is 17.5 Å². The third kappa shape index (κ3) is 4.46. The molecule has 0 spiro atoms. The lowest BCUT2D eigenvalue weighted by atomic mass is 9.85. The van der Waals surface area contributed by atoms with Crippen LogP contribution in [0.2, 0.25) is 0 Å². The smallest absolute Gasteiger partial charge is 0.00652 e. The van der Waals surface area contributed by atoms with E-state index in [4.69, 9.17) is 0 Å². The highest BCUT2D eigenvalue weighted by atomic mass is 79.9. The Hall–Kier alpha value is -0.300. The van der Waals surface area contributed by atoms with Gasteiger partial charge in [0.1, 0.15) is 0 Å². The van der Waals surface area contributed by atoms with E-state index in [1.54, 1.807) is 0 Å². The van der Waals surface area contributed by atoms with Crippen LogP contribution in [0.25, 0.3) is 0 Å². The van der Waals surface area contributed by atoms with Crippen molar-refractivity contribution in [2.24, 2.45) is 11.8 Å². The Morgan fingerprint density at radius 2 is 1.59 bits per heavy atom. The van der Waals surface area contributed by atoms with Gasteiger partial charge in [-0.05, 0) is 34.8 Å². The van der Waals surface area contributed by atoms with Crippen LogP contribution >= 0.6 is 15.9 Å². The highest BCUT2D eigenvalue weighted by Gasteiger charge is 2.15. The van der Waals surface area contributed by atoms with Gasteiger partial charge in [-0.15, -0.1) is 0 Å². The molecule has 1 aromatic carbocycles. The van der Waals surface area contributed by atoms with Gasteiger partial charge in [-0.1, -0.05) is 74.8 Å². The molecule has 0 aromatic heterocycles. The predicted molar refractivity (Wildman–Crippen MR) is 81.0 cm³/mol. The molecule has 0 saturated heterocycles. The number of hydrogen-bond acceptors (Lipinski definition) is 0. The molecule has 1 rings (SSSR count). The van der Waals surface area contributed by atoms with Gasteiger partial charge in [-0.3, -0.25) is 0 Å². The monoisotopic (exact) mass is 296 g/mol. The summed E-state index contributed by atoms with van der Waals surface area (Å²) in [6.07, 6.45) is 1.17. The molecule has 1 heteroatoms. The van der Waals surface area contributed by atoms with Crippen LogP contribution in [0.5, 0.6) is 0 Å². The molecule has 0 nitrogen and oxygen atoms in total. The molecule has 0 aliphatic carbocycles. The zero-order valence-electron chi connectivity index (χ0n) is 11.8. The van der Waals surface area contributed by atoms with Gasteiger partial charge in [0.25, 0.3) is 0 Å². The normalized spacial score (nSPS) is 14.1. The minimum Gasteiger partial charge on any atom is -0.0925 e. The van der Waals surface area contributed by atoms with Crippen molar-refractivity contribution in [3.05, 3.63) is 35.4 Å². The molecule has 96 valence electrons. The minimum absolute atomic E-state index is 0.255. The van der Waals surface area contributed by atoms with Crippen LogP contribution in [0.1, 0.15) is 45.7 Å². The lowest BCUT2D eigenvalue weighted by Crippen LogP contribution is -2.14. The SMILES string of the molecule is CC(C)C(CBr)Cc1ccc(C(C)(C)C)cc1. The average Bonchev–Trinajstić information content (AvgIpc) is 2.25. The van der Waals surface area contributed by atoms with Crippen molar-refractivity contribution in [1.82, 2.24) is 0 Å². The topological polar surface area (TPSA) is 0 Å². The molecule has 0 fully saturated rings. The van der Waals surface area contributed by atoms with Gasteiger partial charge in [-0.25, -0.2) is 0 Å². The molecule has 1 unspecified atom stereocenters. The van der Waals surface area contributed by atoms with E-state index >= 15 is 0 Å². The molecule has 0 aliphatic heterocycles. The number of rotatable bonds is 4. The summed E-state index contributed by atoms with van der Waals surface area (Å²) >= 11 is 3.62. The third-order valence-corrected chi connectivity index (χ3v) is 4.29. The molecule has 0 bridgehead atoms. The summed E-state index contributed by atoms with van der Waals surface area (Å²) in [6, 6.07) is 9.14. The first-order valence-corrected chi connectivity index (χ1v) is 7.62. The molecule has 1 atom stereocenters. The van der Waals surface area contributed by atoms with E-state index < -0.39 is 0 Å². The van der Waals surface area contributed by atoms with E-state index in [9.17, 15) is 0 Å². The number of benzene rings is 1. The number of hydrogen-bond donors (Lipinski definition) is 0. The summed E-state index contributed by atoms with van der Waals surface area (Å²) in [4.78, 5) is 0. The number of alkyl halides is 1. The molecule has 0 heterocycles. The van der Waals surface area contributed by atoms with Crippen LogP contribution in [-0.4, -0.2) is 5.33 Å². The van der Waals surface area contributed by atoms with Crippen molar-refractivity contribution >= 4 is 15.9 Å². The minimum atomic E-state index is 0.255. The Morgan fingerprint density at radius 1 is 1.06 bits per heavy atom. The summed E-state index contributed by atoms with van der Waals surface area (Å²) in [7, 11) is 0. The molecule has 17 heavy (non-hydrogen) atoms. The van der Waals surface area contributed by atoms with Crippen molar-refractivity contribution in [2.45, 2.75) is 46.5 Å². The Kier molecular flexibility index (Phi) is 5.24. The van der Waals surface area contributed by atoms with Crippen LogP contribution in [0, 0.1) is 11.8 Å². The number of halogens is 1. The maximum Gasteiger partial charge on any atom is 0.00652 e. The summed E-state index contributed by atoms with van der Waals surface area (Å²) in [5, 5.41) is 1.09. The van der Waals surface area contributed by atoms with Crippen LogP contribution in [0.3, 0.4) is 0 Å². The highest BCUT2D eigenvalue weighted by Crippen LogP contribution is 2.24. The maximum absolute atomic E-state index is 3.62. The Bertz CT molecular complexity index is 330. The largest absolute Gasteiger partial charge is 0.0925 e. The van der Waals surface area contributed by atoms with Crippen molar-refractivity contribution in [2.75, 3.05) is 5.33 Å². The molecule has 0 saturated carbocycles. The second-order valence-corrected chi connectivity index (χ2v) is 6.96. The Balaban J connectivity index is 2.75. The maximum atomic E-state index is 3.62. The van der Waals surface area contributed by atoms with Crippen LogP contribution < -0.4 is 0 Å². The first-order valence-electron chi connectivity index (χ1n) is 6.50.